The number of hydrogen-bond donors (Lipinski definition) is 3. The topological polar surface area (TPSA) is 84.2 Å². The van der Waals surface area contributed by atoms with Crippen molar-refractivity contribution >= 4 is 29.9 Å². The number of carbonyl (C=O) groups is 2. The van der Waals surface area contributed by atoms with Crippen molar-refractivity contribution in [3.63, 3.8) is 0 Å². The van der Waals surface area contributed by atoms with Crippen LogP contribution in [0.2, 0.25) is 0 Å². The SMILES string of the molecule is C=CCNC(=O)c1ccc(NC(=O)C2(N)CCC2)cc1.Cl. The maximum absolute atomic E-state index is 12.0. The van der Waals surface area contributed by atoms with Gasteiger partial charge < -0.3 is 16.4 Å². The minimum atomic E-state index is -0.722. The quantitative estimate of drug-likeness (QED) is 0.726. The molecule has 0 radical (unpaired) electrons. The molecule has 1 aromatic rings. The van der Waals surface area contributed by atoms with E-state index >= 15 is 0 Å². The summed E-state index contributed by atoms with van der Waals surface area (Å²) < 4.78 is 0. The van der Waals surface area contributed by atoms with Crippen LogP contribution in [0.15, 0.2) is 36.9 Å². The summed E-state index contributed by atoms with van der Waals surface area (Å²) in [5.41, 5.74) is 6.40. The number of nitrogens with one attached hydrogen (secondary N) is 2. The summed E-state index contributed by atoms with van der Waals surface area (Å²) in [5, 5.41) is 5.47. The summed E-state index contributed by atoms with van der Waals surface area (Å²) in [7, 11) is 0. The second-order valence-electron chi connectivity index (χ2n) is 5.04. The lowest BCUT2D eigenvalue weighted by Crippen LogP contribution is -2.56. The summed E-state index contributed by atoms with van der Waals surface area (Å²) in [6.07, 6.45) is 4.06. The first-order valence-corrected chi connectivity index (χ1v) is 6.65. The molecule has 6 heteroatoms. The Morgan fingerprint density at radius 2 is 1.90 bits per heavy atom. The number of carbonyl (C=O) groups excluding carboxylic acids is 2. The molecule has 1 aromatic carbocycles. The van der Waals surface area contributed by atoms with Crippen molar-refractivity contribution in [1.29, 1.82) is 0 Å². The maximum atomic E-state index is 12.0. The zero-order valence-electron chi connectivity index (χ0n) is 11.7. The maximum Gasteiger partial charge on any atom is 0.251 e. The molecule has 4 N–H and O–H groups in total. The molecule has 2 amide bonds. The molecule has 1 aliphatic carbocycles. The van der Waals surface area contributed by atoms with Gasteiger partial charge in [0.1, 0.15) is 0 Å². The molecule has 0 aliphatic heterocycles. The number of anilines is 1. The molecule has 0 aromatic heterocycles. The summed E-state index contributed by atoms with van der Waals surface area (Å²) in [5.74, 6) is -0.329. The van der Waals surface area contributed by atoms with Crippen molar-refractivity contribution in [2.45, 2.75) is 24.8 Å². The molecule has 0 atom stereocenters. The van der Waals surface area contributed by atoms with Crippen LogP contribution in [0.4, 0.5) is 5.69 Å². The van der Waals surface area contributed by atoms with Crippen LogP contribution in [-0.2, 0) is 4.79 Å². The highest BCUT2D eigenvalue weighted by atomic mass is 35.5. The van der Waals surface area contributed by atoms with E-state index < -0.39 is 5.54 Å². The van der Waals surface area contributed by atoms with Crippen LogP contribution in [0, 0.1) is 0 Å². The highest BCUT2D eigenvalue weighted by molar-refractivity contribution is 5.99. The molecule has 114 valence electrons. The predicted octanol–water partition coefficient (Wildman–Crippen LogP) is 1.84. The smallest absolute Gasteiger partial charge is 0.251 e. The van der Waals surface area contributed by atoms with Gasteiger partial charge in [0.15, 0.2) is 0 Å². The van der Waals surface area contributed by atoms with E-state index in [4.69, 9.17) is 5.73 Å². The number of halogens is 1. The molecule has 2 rings (SSSR count). The van der Waals surface area contributed by atoms with E-state index in [-0.39, 0.29) is 24.2 Å². The lowest BCUT2D eigenvalue weighted by molar-refractivity contribution is -0.123. The molecule has 1 aliphatic rings. The molecule has 0 bridgehead atoms. The van der Waals surface area contributed by atoms with Gasteiger partial charge in [-0.3, -0.25) is 9.59 Å². The number of nitrogens with two attached hydrogens (primary N) is 1. The van der Waals surface area contributed by atoms with Gasteiger partial charge >= 0.3 is 0 Å². The van der Waals surface area contributed by atoms with Gasteiger partial charge in [0.05, 0.1) is 5.54 Å². The van der Waals surface area contributed by atoms with Crippen molar-refractivity contribution in [2.75, 3.05) is 11.9 Å². The van der Waals surface area contributed by atoms with Crippen LogP contribution in [0.5, 0.6) is 0 Å². The van der Waals surface area contributed by atoms with Crippen LogP contribution in [0.25, 0.3) is 0 Å². The fourth-order valence-corrected chi connectivity index (χ4v) is 2.01. The first-order chi connectivity index (χ1) is 9.55. The van der Waals surface area contributed by atoms with Gasteiger partial charge in [-0.2, -0.15) is 0 Å². The normalized spacial score (nSPS) is 15.1. The van der Waals surface area contributed by atoms with Crippen LogP contribution in [0.3, 0.4) is 0 Å². The minimum Gasteiger partial charge on any atom is -0.349 e. The highest BCUT2D eigenvalue weighted by Gasteiger charge is 2.40. The standard InChI is InChI=1S/C15H19N3O2.ClH/c1-2-10-17-13(19)11-4-6-12(7-5-11)18-14(20)15(16)8-3-9-15;/h2,4-7H,1,3,8-10,16H2,(H,17,19)(H,18,20);1H. The van der Waals surface area contributed by atoms with E-state index in [2.05, 4.69) is 17.2 Å². The molecule has 5 nitrogen and oxygen atoms in total. The average Bonchev–Trinajstić information content (AvgIpc) is 2.42. The Morgan fingerprint density at radius 1 is 1.29 bits per heavy atom. The average molecular weight is 310 g/mol. The third-order valence-electron chi connectivity index (χ3n) is 3.51. The first kappa shape index (κ1) is 17.2. The Morgan fingerprint density at radius 3 is 2.38 bits per heavy atom. The summed E-state index contributed by atoms with van der Waals surface area (Å²) in [6.45, 7) is 3.96. The second kappa shape index (κ2) is 7.24. The number of hydrogen-bond acceptors (Lipinski definition) is 3. The molecule has 0 unspecified atom stereocenters. The van der Waals surface area contributed by atoms with E-state index in [1.165, 1.54) is 0 Å². The van der Waals surface area contributed by atoms with E-state index in [1.54, 1.807) is 30.3 Å². The van der Waals surface area contributed by atoms with Gasteiger partial charge in [0.25, 0.3) is 5.91 Å². The minimum absolute atomic E-state index is 0. The van der Waals surface area contributed by atoms with E-state index in [1.807, 2.05) is 0 Å². The Bertz CT molecular complexity index is 524. The first-order valence-electron chi connectivity index (χ1n) is 6.65. The van der Waals surface area contributed by atoms with Crippen LogP contribution >= 0.6 is 12.4 Å². The van der Waals surface area contributed by atoms with Crippen molar-refractivity contribution in [3.05, 3.63) is 42.5 Å². The van der Waals surface area contributed by atoms with Crippen LogP contribution < -0.4 is 16.4 Å². The molecule has 21 heavy (non-hydrogen) atoms. The lowest BCUT2D eigenvalue weighted by atomic mass is 9.77. The lowest BCUT2D eigenvalue weighted by Gasteiger charge is -2.36. The Labute approximate surface area is 130 Å². The van der Waals surface area contributed by atoms with E-state index in [0.29, 0.717) is 17.8 Å². The van der Waals surface area contributed by atoms with Crippen LogP contribution in [0.1, 0.15) is 29.6 Å². The van der Waals surface area contributed by atoms with Crippen molar-refractivity contribution < 1.29 is 9.59 Å². The highest BCUT2D eigenvalue weighted by Crippen LogP contribution is 2.30. The van der Waals surface area contributed by atoms with Gasteiger partial charge in [0, 0.05) is 17.8 Å². The third kappa shape index (κ3) is 4.06. The summed E-state index contributed by atoms with van der Waals surface area (Å²) in [6, 6.07) is 6.72. The van der Waals surface area contributed by atoms with Crippen molar-refractivity contribution in [1.82, 2.24) is 5.32 Å². The monoisotopic (exact) mass is 309 g/mol. The Balaban J connectivity index is 0.00000220. The molecule has 0 spiro atoms. The second-order valence-corrected chi connectivity index (χ2v) is 5.04. The Hall–Kier alpha value is -1.85. The van der Waals surface area contributed by atoms with Gasteiger partial charge in [-0.1, -0.05) is 6.08 Å². The zero-order chi connectivity index (χ0) is 14.6. The van der Waals surface area contributed by atoms with Gasteiger partial charge in [-0.15, -0.1) is 19.0 Å². The van der Waals surface area contributed by atoms with E-state index in [9.17, 15) is 9.59 Å². The van der Waals surface area contributed by atoms with E-state index in [0.717, 1.165) is 19.3 Å². The van der Waals surface area contributed by atoms with Crippen molar-refractivity contribution in [3.8, 4) is 0 Å². The van der Waals surface area contributed by atoms with Gasteiger partial charge in [-0.05, 0) is 43.5 Å². The molecular formula is C15H20ClN3O2. The summed E-state index contributed by atoms with van der Waals surface area (Å²) in [4.78, 5) is 23.6. The van der Waals surface area contributed by atoms with Crippen LogP contribution in [-0.4, -0.2) is 23.9 Å². The molecule has 0 saturated heterocycles. The van der Waals surface area contributed by atoms with Gasteiger partial charge in [0.2, 0.25) is 5.91 Å². The fourth-order valence-electron chi connectivity index (χ4n) is 2.01. The zero-order valence-corrected chi connectivity index (χ0v) is 12.5. The van der Waals surface area contributed by atoms with Gasteiger partial charge in [-0.25, -0.2) is 0 Å². The molecule has 1 saturated carbocycles. The Kier molecular flexibility index (Phi) is 5.93. The largest absolute Gasteiger partial charge is 0.349 e. The molecule has 1 fully saturated rings. The fraction of sp³-hybridized carbons (Fsp3) is 0.333. The number of rotatable bonds is 5. The van der Waals surface area contributed by atoms with Crippen molar-refractivity contribution in [2.24, 2.45) is 5.73 Å². The molecular weight excluding hydrogens is 290 g/mol. The third-order valence-corrected chi connectivity index (χ3v) is 3.51. The summed E-state index contributed by atoms with van der Waals surface area (Å²) >= 11 is 0. The number of benzene rings is 1. The predicted molar refractivity (Wildman–Crippen MR) is 85.6 cm³/mol. The molecule has 0 heterocycles. The number of amides is 2.